The number of pyridine rings is 1. The van der Waals surface area contributed by atoms with Gasteiger partial charge in [0.25, 0.3) is 5.91 Å². The Bertz CT molecular complexity index is 1490. The highest BCUT2D eigenvalue weighted by atomic mass is 16.1. The minimum atomic E-state index is -0.249. The molecule has 0 radical (unpaired) electrons. The number of fused-ring (bicyclic) bond motifs is 1. The lowest BCUT2D eigenvalue weighted by Crippen LogP contribution is -2.14. The Morgan fingerprint density at radius 2 is 1.43 bits per heavy atom. The fourth-order valence-corrected chi connectivity index (χ4v) is 3.73. The molecule has 7 heteroatoms. The highest BCUT2D eigenvalue weighted by Gasteiger charge is 2.12. The van der Waals surface area contributed by atoms with Crippen LogP contribution >= 0.6 is 0 Å². The fourth-order valence-electron chi connectivity index (χ4n) is 3.73. The molecule has 172 valence electrons. The summed E-state index contributed by atoms with van der Waals surface area (Å²) in [4.78, 5) is 26.2. The van der Waals surface area contributed by atoms with Gasteiger partial charge in [0.05, 0.1) is 0 Å². The van der Waals surface area contributed by atoms with Crippen LogP contribution in [0.1, 0.15) is 21.7 Å². The van der Waals surface area contributed by atoms with E-state index < -0.39 is 0 Å². The van der Waals surface area contributed by atoms with E-state index in [-0.39, 0.29) is 5.91 Å². The van der Waals surface area contributed by atoms with Gasteiger partial charge >= 0.3 is 0 Å². The molecule has 0 saturated heterocycles. The summed E-state index contributed by atoms with van der Waals surface area (Å²) in [5.41, 5.74) is 4.87. The maximum absolute atomic E-state index is 12.8. The number of benzene rings is 3. The number of anilines is 5. The van der Waals surface area contributed by atoms with E-state index in [1.54, 1.807) is 6.20 Å². The van der Waals surface area contributed by atoms with Crippen LogP contribution in [0.5, 0.6) is 0 Å². The maximum atomic E-state index is 12.8. The summed E-state index contributed by atoms with van der Waals surface area (Å²) in [6.45, 7) is 3.97. The van der Waals surface area contributed by atoms with Crippen molar-refractivity contribution in [3.63, 3.8) is 0 Å². The molecule has 2 aromatic heterocycles. The molecule has 0 saturated carbocycles. The third kappa shape index (κ3) is 5.25. The van der Waals surface area contributed by atoms with Crippen LogP contribution in [-0.4, -0.2) is 20.9 Å². The van der Waals surface area contributed by atoms with Gasteiger partial charge < -0.3 is 16.0 Å². The molecular weight excluding hydrogens is 436 g/mol. The number of hydrogen-bond acceptors (Lipinski definition) is 6. The molecule has 0 fully saturated rings. The average Bonchev–Trinajstić information content (AvgIpc) is 2.86. The quantitative estimate of drug-likeness (QED) is 0.272. The summed E-state index contributed by atoms with van der Waals surface area (Å²) in [5, 5.41) is 11.3. The second-order valence-electron chi connectivity index (χ2n) is 8.25. The summed E-state index contributed by atoms with van der Waals surface area (Å²) >= 11 is 0. The Labute approximate surface area is 203 Å². The van der Waals surface area contributed by atoms with E-state index in [1.807, 2.05) is 98.8 Å². The van der Waals surface area contributed by atoms with Gasteiger partial charge in [0.2, 0.25) is 5.95 Å². The maximum Gasteiger partial charge on any atom is 0.274 e. The van der Waals surface area contributed by atoms with Crippen molar-refractivity contribution in [1.82, 2.24) is 15.0 Å². The number of rotatable bonds is 6. The van der Waals surface area contributed by atoms with Gasteiger partial charge in [0, 0.05) is 40.4 Å². The van der Waals surface area contributed by atoms with Crippen molar-refractivity contribution >= 4 is 45.5 Å². The number of nitrogens with zero attached hydrogens (tertiary/aromatic N) is 3. The van der Waals surface area contributed by atoms with Crippen LogP contribution in [0.3, 0.4) is 0 Å². The van der Waals surface area contributed by atoms with Crippen molar-refractivity contribution < 1.29 is 4.79 Å². The van der Waals surface area contributed by atoms with Crippen LogP contribution in [-0.2, 0) is 0 Å². The SMILES string of the molecule is Cc1ccc(Nc2nc(C)cc(Nc3ccc(NC(=O)c4nccc5ccccc45)cc3)n2)cc1. The van der Waals surface area contributed by atoms with E-state index >= 15 is 0 Å². The Morgan fingerprint density at radius 3 is 2.23 bits per heavy atom. The van der Waals surface area contributed by atoms with Gasteiger partial charge in [-0.15, -0.1) is 0 Å². The van der Waals surface area contributed by atoms with Crippen molar-refractivity contribution in [3.05, 3.63) is 108 Å². The van der Waals surface area contributed by atoms with Crippen molar-refractivity contribution in [1.29, 1.82) is 0 Å². The summed E-state index contributed by atoms with van der Waals surface area (Å²) in [6.07, 6.45) is 1.65. The van der Waals surface area contributed by atoms with Crippen LogP contribution in [0, 0.1) is 13.8 Å². The number of aryl methyl sites for hydroxylation is 2. The standard InChI is InChI=1S/C28H24N6O/c1-18-7-9-23(10-8-18)33-28-30-19(2)17-25(34-28)31-21-11-13-22(14-12-21)32-27(35)26-24-6-4-3-5-20(24)15-16-29-26/h3-17H,1-2H3,(H,32,35)(H2,30,31,33,34). The first-order chi connectivity index (χ1) is 17.0. The zero-order valence-electron chi connectivity index (χ0n) is 19.4. The first kappa shape index (κ1) is 22.0. The molecule has 1 amide bonds. The lowest BCUT2D eigenvalue weighted by Gasteiger charge is -2.11. The summed E-state index contributed by atoms with van der Waals surface area (Å²) in [7, 11) is 0. The molecule has 0 aliphatic heterocycles. The number of carbonyl (C=O) groups excluding carboxylic acids is 1. The molecular formula is C28H24N6O. The number of aromatic nitrogens is 3. The number of carbonyl (C=O) groups is 1. The van der Waals surface area contributed by atoms with Gasteiger partial charge in [-0.25, -0.2) is 4.98 Å². The lowest BCUT2D eigenvalue weighted by molar-refractivity contribution is 0.102. The topological polar surface area (TPSA) is 91.8 Å². The zero-order chi connectivity index (χ0) is 24.2. The van der Waals surface area contributed by atoms with E-state index in [0.717, 1.165) is 27.8 Å². The monoisotopic (exact) mass is 460 g/mol. The fraction of sp³-hybridized carbons (Fsp3) is 0.0714. The number of hydrogen-bond donors (Lipinski definition) is 3. The third-order valence-corrected chi connectivity index (χ3v) is 5.47. The Balaban J connectivity index is 1.28. The summed E-state index contributed by atoms with van der Waals surface area (Å²) in [5.74, 6) is 0.937. The van der Waals surface area contributed by atoms with E-state index in [0.29, 0.717) is 23.1 Å². The molecule has 5 rings (SSSR count). The molecule has 0 aliphatic rings. The molecule has 3 N–H and O–H groups in total. The Kier molecular flexibility index (Phi) is 6.05. The third-order valence-electron chi connectivity index (χ3n) is 5.47. The van der Waals surface area contributed by atoms with E-state index in [2.05, 4.69) is 30.9 Å². The molecule has 35 heavy (non-hydrogen) atoms. The predicted molar refractivity (Wildman–Crippen MR) is 141 cm³/mol. The molecule has 5 aromatic rings. The van der Waals surface area contributed by atoms with Gasteiger partial charge in [0.15, 0.2) is 0 Å². The van der Waals surface area contributed by atoms with E-state index in [1.165, 1.54) is 5.56 Å². The Hall–Kier alpha value is -4.78. The van der Waals surface area contributed by atoms with Crippen LogP contribution in [0.4, 0.5) is 28.8 Å². The molecule has 0 aliphatic carbocycles. The average molecular weight is 461 g/mol. The van der Waals surface area contributed by atoms with Crippen molar-refractivity contribution in [2.24, 2.45) is 0 Å². The van der Waals surface area contributed by atoms with E-state index in [4.69, 9.17) is 0 Å². The summed E-state index contributed by atoms with van der Waals surface area (Å²) < 4.78 is 0. The van der Waals surface area contributed by atoms with Gasteiger partial charge in [-0.1, -0.05) is 42.0 Å². The highest BCUT2D eigenvalue weighted by Crippen LogP contribution is 2.22. The highest BCUT2D eigenvalue weighted by molar-refractivity contribution is 6.11. The van der Waals surface area contributed by atoms with Crippen LogP contribution in [0.25, 0.3) is 10.8 Å². The minimum absolute atomic E-state index is 0.249. The molecule has 0 spiro atoms. The first-order valence-electron chi connectivity index (χ1n) is 11.2. The molecule has 2 heterocycles. The molecule has 7 nitrogen and oxygen atoms in total. The Morgan fingerprint density at radius 1 is 0.743 bits per heavy atom. The molecule has 0 unspecified atom stereocenters. The lowest BCUT2D eigenvalue weighted by atomic mass is 10.1. The number of amides is 1. The van der Waals surface area contributed by atoms with Crippen molar-refractivity contribution in [2.45, 2.75) is 13.8 Å². The van der Waals surface area contributed by atoms with Gasteiger partial charge in [-0.05, 0) is 61.7 Å². The van der Waals surface area contributed by atoms with Crippen molar-refractivity contribution in [2.75, 3.05) is 16.0 Å². The second kappa shape index (κ2) is 9.61. The number of nitrogens with one attached hydrogen (secondary N) is 3. The van der Waals surface area contributed by atoms with Crippen LogP contribution in [0.15, 0.2) is 91.1 Å². The predicted octanol–water partition coefficient (Wildman–Crippen LogP) is 6.38. The van der Waals surface area contributed by atoms with E-state index in [9.17, 15) is 4.79 Å². The normalized spacial score (nSPS) is 10.7. The molecule has 0 atom stereocenters. The first-order valence-corrected chi connectivity index (χ1v) is 11.2. The van der Waals surface area contributed by atoms with Gasteiger partial charge in [-0.2, -0.15) is 4.98 Å². The van der Waals surface area contributed by atoms with Crippen LogP contribution in [0.2, 0.25) is 0 Å². The van der Waals surface area contributed by atoms with Crippen LogP contribution < -0.4 is 16.0 Å². The minimum Gasteiger partial charge on any atom is -0.340 e. The largest absolute Gasteiger partial charge is 0.340 e. The molecule has 3 aromatic carbocycles. The summed E-state index contributed by atoms with van der Waals surface area (Å²) in [6, 6.07) is 27.0. The molecule has 0 bridgehead atoms. The smallest absolute Gasteiger partial charge is 0.274 e. The van der Waals surface area contributed by atoms with Gasteiger partial charge in [-0.3, -0.25) is 9.78 Å². The zero-order valence-corrected chi connectivity index (χ0v) is 19.4. The van der Waals surface area contributed by atoms with Gasteiger partial charge in [0.1, 0.15) is 11.5 Å². The second-order valence-corrected chi connectivity index (χ2v) is 8.25. The van der Waals surface area contributed by atoms with Crippen molar-refractivity contribution in [3.8, 4) is 0 Å².